The number of nitrogens with one attached hydrogen (secondary N) is 2. The number of amides is 2. The predicted octanol–water partition coefficient (Wildman–Crippen LogP) is 18.5. The number of hydrogen-bond acceptors (Lipinski definition) is 13. The minimum atomic E-state index is -3.69. The molecular weight excluding hydrogens is 1320 g/mol. The monoisotopic (exact) mass is 1390 g/mol. The third-order valence-electron chi connectivity index (χ3n) is 13.0. The van der Waals surface area contributed by atoms with Gasteiger partial charge in [-0.05, 0) is 127 Å². The zero-order valence-corrected chi connectivity index (χ0v) is 57.5. The Hall–Kier alpha value is -7.56. The number of nitrogens with zero attached hydrogens (tertiary/aromatic N) is 10. The van der Waals surface area contributed by atoms with Crippen molar-refractivity contribution in [1.82, 2.24) is 51.0 Å². The Labute approximate surface area is 570 Å². The van der Waals surface area contributed by atoms with Gasteiger partial charge < -0.3 is 4.42 Å². The fourth-order valence-corrected chi connectivity index (χ4v) is 9.39. The van der Waals surface area contributed by atoms with Gasteiger partial charge in [0.15, 0.2) is 10.3 Å². The average Bonchev–Trinajstić information content (AvgIpc) is 1.76. The first-order chi connectivity index (χ1) is 44.0. The number of aromatic nitrogens is 8. The number of rotatable bonds is 19. The Bertz CT molecular complexity index is 4040. The molecule has 2 N–H and O–H groups in total. The van der Waals surface area contributed by atoms with E-state index in [1.54, 1.807) is 61.4 Å². The van der Waals surface area contributed by atoms with Gasteiger partial charge in [0.05, 0.1) is 28.2 Å². The molecule has 0 saturated heterocycles. The summed E-state index contributed by atoms with van der Waals surface area (Å²) < 4.78 is 2.32. The van der Waals surface area contributed by atoms with E-state index in [0.717, 1.165) is 81.1 Å². The van der Waals surface area contributed by atoms with Crippen LogP contribution in [0.1, 0.15) is 124 Å². The summed E-state index contributed by atoms with van der Waals surface area (Å²) in [6.45, 7) is 12.8. The summed E-state index contributed by atoms with van der Waals surface area (Å²) in [5, 5.41) is 17.3. The van der Waals surface area contributed by atoms with Gasteiger partial charge in [-0.1, -0.05) is 156 Å². The normalized spacial score (nSPS) is 11.9. The van der Waals surface area contributed by atoms with Gasteiger partial charge in [0.2, 0.25) is 11.8 Å². The number of halogens is 7. The molecule has 0 spiro atoms. The molecule has 10 rings (SSSR count). The summed E-state index contributed by atoms with van der Waals surface area (Å²) >= 11 is 37.7. The zero-order valence-electron chi connectivity index (χ0n) is 51.3. The molecule has 2 amide bonds. The van der Waals surface area contributed by atoms with E-state index in [9.17, 15) is 9.59 Å². The van der Waals surface area contributed by atoms with Gasteiger partial charge in [-0.2, -0.15) is 0 Å². The maximum absolute atomic E-state index is 12.6. The van der Waals surface area contributed by atoms with Crippen molar-refractivity contribution in [2.45, 2.75) is 80.1 Å². The van der Waals surface area contributed by atoms with E-state index in [2.05, 4.69) is 127 Å². The van der Waals surface area contributed by atoms with Crippen molar-refractivity contribution in [1.29, 1.82) is 0 Å². The molecule has 0 fully saturated rings. The molecule has 0 aliphatic carbocycles. The van der Waals surface area contributed by atoms with Gasteiger partial charge in [0, 0.05) is 95.8 Å². The molecule has 476 valence electrons. The summed E-state index contributed by atoms with van der Waals surface area (Å²) in [6.07, 6.45) is 14.8. The predicted molar refractivity (Wildman–Crippen MR) is 377 cm³/mol. The average molecular weight is 1390 g/mol. The van der Waals surface area contributed by atoms with Crippen LogP contribution >= 0.6 is 82.8 Å². The standard InChI is InChI=1S/C23H22Cl2N4.C23H24N4O2.C23H22N4O.Cl5P/c1-16(2)13-19-15-18(10-12-26-19)22(24)28-29-23(25)20-9-6-11-27-21(20)14-17-7-4-3-5-8-17;1-16(2)13-19-15-18(10-12-24-19)22(28)26-27-23(29)20-9-6-11-25-21(20)14-17-7-4-3-5-8-17;1-16(2)13-19-15-18(10-12-24-19)22-26-27-23(28-22)20-9-6-11-25-21(20)14-17-7-4-3-5-8-17;1-6(2,3,4)5/h3-12,15-16H,13-14H2,1-2H3;3-12,15-16H,13-14H2,1-2H3,(H,26,28)(H,27,29);3-12,15-16H,13-14H2,1-2H3;/b28-22-,29-23-;;;. The van der Waals surface area contributed by atoms with Crippen molar-refractivity contribution in [3.05, 3.63) is 274 Å². The number of hydrazine groups is 1. The molecule has 7 aromatic heterocycles. The Morgan fingerprint density at radius 1 is 0.435 bits per heavy atom. The van der Waals surface area contributed by atoms with Crippen LogP contribution in [0.15, 0.2) is 216 Å². The van der Waals surface area contributed by atoms with E-state index >= 15 is 0 Å². The molecule has 0 unspecified atom stereocenters. The first-order valence-electron chi connectivity index (χ1n) is 29.3. The first-order valence-corrected chi connectivity index (χ1v) is 36.8. The fraction of sp³-hybridized carbons (Fsp3) is 0.217. The van der Waals surface area contributed by atoms with Crippen molar-refractivity contribution in [3.8, 4) is 22.9 Å². The molecule has 0 aliphatic heterocycles. The Balaban J connectivity index is 0.000000187. The summed E-state index contributed by atoms with van der Waals surface area (Å²) in [5.74, 6) is 1.67. The van der Waals surface area contributed by atoms with Crippen molar-refractivity contribution < 1.29 is 14.0 Å². The molecule has 0 aliphatic rings. The fourth-order valence-electron chi connectivity index (χ4n) is 9.02. The van der Waals surface area contributed by atoms with Crippen LogP contribution < -0.4 is 10.9 Å². The Morgan fingerprint density at radius 3 is 1.36 bits per heavy atom. The minimum absolute atomic E-state index is 0.249. The molecule has 23 heteroatoms. The summed E-state index contributed by atoms with van der Waals surface area (Å²) in [4.78, 5) is 51.5. The van der Waals surface area contributed by atoms with E-state index in [1.807, 2.05) is 115 Å². The second-order valence-corrected chi connectivity index (χ2v) is 39.4. The van der Waals surface area contributed by atoms with Gasteiger partial charge >= 0.3 is 59.6 Å². The zero-order chi connectivity index (χ0) is 66.1. The van der Waals surface area contributed by atoms with Gasteiger partial charge in [-0.15, -0.1) is 20.4 Å². The quantitative estimate of drug-likeness (QED) is 0.0443. The molecule has 0 radical (unpaired) electrons. The summed E-state index contributed by atoms with van der Waals surface area (Å²) in [5.41, 5.74) is 17.7. The van der Waals surface area contributed by atoms with Crippen LogP contribution in [0.5, 0.6) is 0 Å². The number of carbonyl (C=O) groups is 2. The Kier molecular flexibility index (Phi) is 27.7. The SMILES string of the molecule is CC(C)Cc1cc(-c2nnc(-c3cccnc3Cc3ccccc3)o2)ccn1.CC(C)Cc1cc(/C(Cl)=N/N=C(\Cl)c2cccnc2Cc2ccccc2)ccn1.CC(C)Cc1cc(C(=O)NNC(=O)c2cccnc2Cc2ccccc2)ccn1.ClP(Cl)(Cl)(Cl)Cl. The molecule has 15 nitrogen and oxygen atoms in total. The van der Waals surface area contributed by atoms with Gasteiger partial charge in [-0.3, -0.25) is 50.3 Å². The third kappa shape index (κ3) is 25.5. The van der Waals surface area contributed by atoms with Crippen LogP contribution in [-0.4, -0.2) is 62.3 Å². The van der Waals surface area contributed by atoms with Crippen LogP contribution in [0.2, 0.25) is 0 Å². The van der Waals surface area contributed by atoms with E-state index < -0.39 is 9.27 Å². The van der Waals surface area contributed by atoms with Crippen molar-refractivity contribution >= 4 is 105 Å². The van der Waals surface area contributed by atoms with Crippen molar-refractivity contribution in [3.63, 3.8) is 0 Å². The number of pyridine rings is 6. The summed E-state index contributed by atoms with van der Waals surface area (Å²) in [7, 11) is 0. The van der Waals surface area contributed by atoms with Crippen LogP contribution in [0.4, 0.5) is 0 Å². The second-order valence-electron chi connectivity index (χ2n) is 22.1. The van der Waals surface area contributed by atoms with Crippen LogP contribution in [0.25, 0.3) is 22.9 Å². The van der Waals surface area contributed by atoms with E-state index in [0.29, 0.717) is 65.6 Å². The van der Waals surface area contributed by atoms with Gasteiger partial charge in [0.25, 0.3) is 11.8 Å². The summed E-state index contributed by atoms with van der Waals surface area (Å²) in [6, 6.07) is 52.1. The third-order valence-corrected chi connectivity index (χ3v) is 13.6. The topological polar surface area (TPSA) is 199 Å². The van der Waals surface area contributed by atoms with Gasteiger partial charge in [0.1, 0.15) is 0 Å². The molecule has 0 saturated carbocycles. The van der Waals surface area contributed by atoms with Crippen LogP contribution in [-0.2, 0) is 38.5 Å². The molecule has 92 heavy (non-hydrogen) atoms. The number of hydrogen-bond donors (Lipinski definition) is 2. The maximum atomic E-state index is 12.6. The molecule has 10 aromatic rings. The van der Waals surface area contributed by atoms with E-state index in [-0.39, 0.29) is 16.2 Å². The molecular formula is C69H68Cl7N12O3P. The molecule has 0 atom stereocenters. The van der Waals surface area contributed by atoms with Crippen molar-refractivity contribution in [2.75, 3.05) is 0 Å². The number of carbonyl (C=O) groups excluding carboxylic acids is 2. The second kappa shape index (κ2) is 35.5. The van der Waals surface area contributed by atoms with Crippen molar-refractivity contribution in [2.24, 2.45) is 28.0 Å². The van der Waals surface area contributed by atoms with Gasteiger partial charge in [-0.25, -0.2) is 0 Å². The molecule has 0 bridgehead atoms. The van der Waals surface area contributed by atoms with E-state index in [4.69, 9.17) is 83.8 Å². The number of benzene rings is 3. The Morgan fingerprint density at radius 2 is 0.837 bits per heavy atom. The molecule has 3 aromatic carbocycles. The van der Waals surface area contributed by atoms with Crippen LogP contribution in [0.3, 0.4) is 0 Å². The van der Waals surface area contributed by atoms with Crippen LogP contribution in [0, 0.1) is 17.8 Å². The van der Waals surface area contributed by atoms with E-state index in [1.165, 1.54) is 5.56 Å². The first kappa shape index (κ1) is 71.9. The molecule has 7 heterocycles.